The monoisotopic (exact) mass is 251 g/mol. The normalized spacial score (nSPS) is 10.7. The maximum absolute atomic E-state index is 13.5. The van der Waals surface area contributed by atoms with Crippen LogP contribution in [0.25, 0.3) is 0 Å². The van der Waals surface area contributed by atoms with E-state index in [-0.39, 0.29) is 5.69 Å². The van der Waals surface area contributed by atoms with Gasteiger partial charge in [0.1, 0.15) is 17.5 Å². The van der Waals surface area contributed by atoms with Gasteiger partial charge in [-0.15, -0.1) is 0 Å². The summed E-state index contributed by atoms with van der Waals surface area (Å²) in [6.07, 6.45) is 3.56. The summed E-state index contributed by atoms with van der Waals surface area (Å²) in [4.78, 5) is 4.09. The zero-order valence-corrected chi connectivity index (χ0v) is 10.4. The molecule has 0 bridgehead atoms. The zero-order valence-electron chi connectivity index (χ0n) is 10.4. The molecule has 5 heteroatoms. The molecule has 2 rings (SSSR count). The Balaban J connectivity index is 1.99. The van der Waals surface area contributed by atoms with Crippen LogP contribution in [0.2, 0.25) is 0 Å². The fourth-order valence-electron chi connectivity index (χ4n) is 1.73. The Hall–Kier alpha value is -1.91. The van der Waals surface area contributed by atoms with Gasteiger partial charge in [-0.05, 0) is 25.5 Å². The Morgan fingerprint density at radius 2 is 2.00 bits per heavy atom. The van der Waals surface area contributed by atoms with Crippen LogP contribution >= 0.6 is 0 Å². The molecule has 0 saturated heterocycles. The minimum atomic E-state index is -0.434. The number of halogens is 2. The van der Waals surface area contributed by atoms with Gasteiger partial charge in [0.25, 0.3) is 0 Å². The lowest BCUT2D eigenvalue weighted by Gasteiger charge is -2.10. The number of aryl methyl sites for hydroxylation is 2. The van der Waals surface area contributed by atoms with Gasteiger partial charge in [0, 0.05) is 31.5 Å². The van der Waals surface area contributed by atoms with E-state index in [2.05, 4.69) is 10.3 Å². The molecule has 1 aromatic carbocycles. The fraction of sp³-hybridized carbons (Fsp3) is 0.308. The van der Waals surface area contributed by atoms with Gasteiger partial charge in [0.05, 0.1) is 5.69 Å². The summed E-state index contributed by atoms with van der Waals surface area (Å²) in [5.41, 5.74) is 0.499. The van der Waals surface area contributed by atoms with Crippen LogP contribution < -0.4 is 5.32 Å². The van der Waals surface area contributed by atoms with Gasteiger partial charge in [-0.3, -0.25) is 0 Å². The highest BCUT2D eigenvalue weighted by Gasteiger charge is 2.06. The van der Waals surface area contributed by atoms with Crippen LogP contribution in [0, 0.1) is 25.5 Å². The van der Waals surface area contributed by atoms with Crippen LogP contribution in [-0.2, 0) is 6.54 Å². The van der Waals surface area contributed by atoms with Crippen molar-refractivity contribution in [2.75, 3.05) is 11.9 Å². The molecule has 0 aliphatic rings. The molecule has 0 atom stereocenters. The van der Waals surface area contributed by atoms with E-state index in [0.29, 0.717) is 18.7 Å². The van der Waals surface area contributed by atoms with Crippen molar-refractivity contribution in [3.63, 3.8) is 0 Å². The second-order valence-electron chi connectivity index (χ2n) is 4.18. The van der Waals surface area contributed by atoms with Gasteiger partial charge in [-0.1, -0.05) is 0 Å². The summed E-state index contributed by atoms with van der Waals surface area (Å²) in [5, 5.41) is 2.88. The summed E-state index contributed by atoms with van der Waals surface area (Å²) < 4.78 is 28.8. The SMILES string of the molecule is Cc1cc(F)c(NCCn2ccnc2C)cc1F. The fourth-order valence-corrected chi connectivity index (χ4v) is 1.73. The van der Waals surface area contributed by atoms with Crippen LogP contribution in [0.3, 0.4) is 0 Å². The molecule has 96 valence electrons. The first-order valence-corrected chi connectivity index (χ1v) is 5.75. The van der Waals surface area contributed by atoms with Crippen molar-refractivity contribution in [3.05, 3.63) is 47.5 Å². The lowest BCUT2D eigenvalue weighted by atomic mass is 10.2. The Bertz CT molecular complexity index is 549. The third-order valence-electron chi connectivity index (χ3n) is 2.84. The highest BCUT2D eigenvalue weighted by Crippen LogP contribution is 2.18. The van der Waals surface area contributed by atoms with Crippen LogP contribution in [0.4, 0.5) is 14.5 Å². The molecule has 2 aromatic rings. The third kappa shape index (κ3) is 2.67. The van der Waals surface area contributed by atoms with E-state index in [4.69, 9.17) is 0 Å². The first kappa shape index (κ1) is 12.5. The molecule has 0 aliphatic carbocycles. The van der Waals surface area contributed by atoms with Gasteiger partial charge in [-0.25, -0.2) is 13.8 Å². The molecule has 0 saturated carbocycles. The smallest absolute Gasteiger partial charge is 0.146 e. The van der Waals surface area contributed by atoms with Crippen LogP contribution in [-0.4, -0.2) is 16.1 Å². The topological polar surface area (TPSA) is 29.9 Å². The Kier molecular flexibility index (Phi) is 3.60. The maximum atomic E-state index is 13.5. The molecule has 1 N–H and O–H groups in total. The van der Waals surface area contributed by atoms with E-state index >= 15 is 0 Å². The molecule has 1 heterocycles. The number of aromatic nitrogens is 2. The number of hydrogen-bond acceptors (Lipinski definition) is 2. The summed E-state index contributed by atoms with van der Waals surface area (Å²) >= 11 is 0. The molecule has 0 spiro atoms. The number of benzene rings is 1. The molecule has 0 unspecified atom stereocenters. The van der Waals surface area contributed by atoms with Crippen molar-refractivity contribution in [3.8, 4) is 0 Å². The van der Waals surface area contributed by atoms with Gasteiger partial charge in [0.2, 0.25) is 0 Å². The quantitative estimate of drug-likeness (QED) is 0.905. The standard InChI is InChI=1S/C13H15F2N3/c1-9-7-12(15)13(8-11(9)14)17-4-6-18-5-3-16-10(18)2/h3,5,7-8,17H,4,6H2,1-2H3. The van der Waals surface area contributed by atoms with E-state index in [1.807, 2.05) is 17.7 Å². The molecule has 1 aromatic heterocycles. The predicted molar refractivity (Wildman–Crippen MR) is 66.5 cm³/mol. The number of imidazole rings is 1. The molecule has 0 amide bonds. The zero-order chi connectivity index (χ0) is 13.1. The van der Waals surface area contributed by atoms with Crippen molar-refractivity contribution in [1.29, 1.82) is 0 Å². The maximum Gasteiger partial charge on any atom is 0.146 e. The number of nitrogens with zero attached hydrogens (tertiary/aromatic N) is 2. The van der Waals surface area contributed by atoms with E-state index in [0.717, 1.165) is 5.82 Å². The van der Waals surface area contributed by atoms with E-state index < -0.39 is 11.6 Å². The molecular formula is C13H15F2N3. The Morgan fingerprint density at radius 1 is 1.22 bits per heavy atom. The first-order valence-electron chi connectivity index (χ1n) is 5.75. The van der Waals surface area contributed by atoms with Crippen molar-refractivity contribution >= 4 is 5.69 Å². The van der Waals surface area contributed by atoms with Gasteiger partial charge >= 0.3 is 0 Å². The first-order chi connectivity index (χ1) is 8.58. The highest BCUT2D eigenvalue weighted by atomic mass is 19.1. The highest BCUT2D eigenvalue weighted by molar-refractivity contribution is 5.46. The average molecular weight is 251 g/mol. The average Bonchev–Trinajstić information content (AvgIpc) is 2.72. The van der Waals surface area contributed by atoms with Crippen molar-refractivity contribution in [1.82, 2.24) is 9.55 Å². The van der Waals surface area contributed by atoms with Crippen LogP contribution in [0.15, 0.2) is 24.5 Å². The molecule has 18 heavy (non-hydrogen) atoms. The Morgan fingerprint density at radius 3 is 2.67 bits per heavy atom. The van der Waals surface area contributed by atoms with Crippen molar-refractivity contribution in [2.24, 2.45) is 0 Å². The summed E-state index contributed by atoms with van der Waals surface area (Å²) in [6, 6.07) is 2.38. The van der Waals surface area contributed by atoms with Crippen molar-refractivity contribution < 1.29 is 8.78 Å². The molecule has 0 radical (unpaired) electrons. The third-order valence-corrected chi connectivity index (χ3v) is 2.84. The second-order valence-corrected chi connectivity index (χ2v) is 4.18. The molecular weight excluding hydrogens is 236 g/mol. The van der Waals surface area contributed by atoms with Crippen LogP contribution in [0.1, 0.15) is 11.4 Å². The van der Waals surface area contributed by atoms with Crippen molar-refractivity contribution in [2.45, 2.75) is 20.4 Å². The van der Waals surface area contributed by atoms with E-state index in [1.54, 1.807) is 6.20 Å². The number of anilines is 1. The predicted octanol–water partition coefficient (Wildman–Crippen LogP) is 2.89. The lowest BCUT2D eigenvalue weighted by molar-refractivity contribution is 0.593. The summed E-state index contributed by atoms with van der Waals surface area (Å²) in [7, 11) is 0. The number of rotatable bonds is 4. The van der Waals surface area contributed by atoms with Crippen LogP contribution in [0.5, 0.6) is 0 Å². The molecule has 3 nitrogen and oxygen atoms in total. The minimum Gasteiger partial charge on any atom is -0.381 e. The molecule has 0 fully saturated rings. The Labute approximate surface area is 104 Å². The van der Waals surface area contributed by atoms with E-state index in [9.17, 15) is 8.78 Å². The van der Waals surface area contributed by atoms with E-state index in [1.165, 1.54) is 19.1 Å². The van der Waals surface area contributed by atoms with Gasteiger partial charge < -0.3 is 9.88 Å². The lowest BCUT2D eigenvalue weighted by Crippen LogP contribution is -2.12. The summed E-state index contributed by atoms with van der Waals surface area (Å²) in [5.74, 6) is 0.0568. The second kappa shape index (κ2) is 5.16. The largest absolute Gasteiger partial charge is 0.381 e. The van der Waals surface area contributed by atoms with Gasteiger partial charge in [-0.2, -0.15) is 0 Å². The summed E-state index contributed by atoms with van der Waals surface area (Å²) in [6.45, 7) is 4.60. The molecule has 0 aliphatic heterocycles. The number of nitrogens with one attached hydrogen (secondary N) is 1. The minimum absolute atomic E-state index is 0.191. The number of hydrogen-bond donors (Lipinski definition) is 1. The van der Waals surface area contributed by atoms with Gasteiger partial charge in [0.15, 0.2) is 0 Å².